The lowest BCUT2D eigenvalue weighted by molar-refractivity contribution is -0.976. The lowest BCUT2D eigenvalue weighted by atomic mass is 9.73. The topological polar surface area (TPSA) is 202 Å². The van der Waals surface area contributed by atoms with Gasteiger partial charge in [-0.1, -0.05) is 52.8 Å². The number of aliphatic hydroxyl groups excluding tert-OH is 1. The maximum atomic E-state index is 14.9. The molecule has 0 aliphatic carbocycles. The van der Waals surface area contributed by atoms with Crippen molar-refractivity contribution in [3.8, 4) is 17.2 Å². The number of Topliss-reactive ketones (excluding diaryl/α,β-unsaturated/α-hetero) is 1. The Morgan fingerprint density at radius 2 is 1.69 bits per heavy atom. The molecule has 16 heteroatoms. The quantitative estimate of drug-likeness (QED) is 0.0548. The second kappa shape index (κ2) is 20.1. The van der Waals surface area contributed by atoms with E-state index in [0.29, 0.717) is 31.1 Å². The van der Waals surface area contributed by atoms with E-state index in [-0.39, 0.29) is 84.8 Å². The van der Waals surface area contributed by atoms with Gasteiger partial charge in [0.1, 0.15) is 60.6 Å². The molecule has 1 amide bonds. The number of carbonyl (C=O) groups excluding carboxylic acids is 3. The number of nitrogens with zero attached hydrogens (tertiary/aromatic N) is 2. The number of hydrogen-bond donors (Lipinski definition) is 3. The number of carbonyl (C=O) groups is 3. The number of allylic oxidation sites excluding steroid dienone is 2. The van der Waals surface area contributed by atoms with Gasteiger partial charge in [-0.05, 0) is 70.6 Å². The second-order valence-electron chi connectivity index (χ2n) is 20.7. The fourth-order valence-electron chi connectivity index (χ4n) is 10.4. The summed E-state index contributed by atoms with van der Waals surface area (Å²) in [4.78, 5) is 60.9. The first kappa shape index (κ1) is 52.0. The monoisotopic (exact) mass is 968 g/mol. The van der Waals surface area contributed by atoms with E-state index >= 15 is 0 Å². The van der Waals surface area contributed by atoms with Crippen molar-refractivity contribution in [1.29, 1.82) is 0 Å². The van der Waals surface area contributed by atoms with Gasteiger partial charge >= 0.3 is 11.8 Å². The van der Waals surface area contributed by atoms with Crippen LogP contribution in [0, 0.1) is 36.5 Å². The van der Waals surface area contributed by atoms with Gasteiger partial charge in [0.25, 0.3) is 11.7 Å². The van der Waals surface area contributed by atoms with Crippen LogP contribution in [0.1, 0.15) is 92.1 Å². The Bertz CT molecular complexity index is 2840. The molecule has 9 atom stereocenters. The number of ketones is 1. The summed E-state index contributed by atoms with van der Waals surface area (Å²) in [7, 11) is 1.51. The van der Waals surface area contributed by atoms with Crippen molar-refractivity contribution in [1.82, 2.24) is 4.98 Å². The van der Waals surface area contributed by atoms with Crippen LogP contribution in [0.25, 0.3) is 33.0 Å². The smallest absolute Gasteiger partial charge is 0.312 e. The van der Waals surface area contributed by atoms with Crippen LogP contribution in [0.2, 0.25) is 0 Å². The van der Waals surface area contributed by atoms with E-state index in [1.165, 1.54) is 34.1 Å². The molecule has 3 aliphatic heterocycles. The summed E-state index contributed by atoms with van der Waals surface area (Å²) in [5.41, 5.74) is -0.326. The minimum Gasteiger partial charge on any atom is -0.505 e. The normalized spacial score (nSPS) is 29.5. The van der Waals surface area contributed by atoms with Crippen LogP contribution in [-0.4, -0.2) is 114 Å². The number of amides is 1. The Kier molecular flexibility index (Phi) is 15.0. The average Bonchev–Trinajstić information content (AvgIpc) is 3.58. The highest BCUT2D eigenvalue weighted by Crippen LogP contribution is 2.48. The van der Waals surface area contributed by atoms with E-state index in [0.717, 1.165) is 24.1 Å². The number of phenols is 1. The maximum Gasteiger partial charge on any atom is 0.312 e. The summed E-state index contributed by atoms with van der Waals surface area (Å²) in [5, 5.41) is 26.3. The van der Waals surface area contributed by atoms with Crippen LogP contribution < -0.4 is 20.2 Å². The Hall–Kier alpha value is -5.81. The molecule has 4 bridgehead atoms. The Balaban J connectivity index is 1.38. The van der Waals surface area contributed by atoms with Gasteiger partial charge in [0, 0.05) is 55.4 Å². The first-order valence-corrected chi connectivity index (χ1v) is 24.2. The van der Waals surface area contributed by atoms with Crippen molar-refractivity contribution in [2.24, 2.45) is 29.6 Å². The highest BCUT2D eigenvalue weighted by atomic mass is 16.7. The third kappa shape index (κ3) is 9.67. The van der Waals surface area contributed by atoms with Crippen molar-refractivity contribution in [3.05, 3.63) is 75.7 Å². The molecule has 1 fully saturated rings. The zero-order valence-corrected chi connectivity index (χ0v) is 42.8. The van der Waals surface area contributed by atoms with E-state index in [2.05, 4.69) is 26.1 Å². The van der Waals surface area contributed by atoms with Crippen molar-refractivity contribution in [2.75, 3.05) is 51.9 Å². The number of quaternary nitrogens is 1. The third-order valence-corrected chi connectivity index (χ3v) is 15.4. The van der Waals surface area contributed by atoms with Gasteiger partial charge in [-0.2, -0.15) is 0 Å². The molecule has 4 heterocycles. The summed E-state index contributed by atoms with van der Waals surface area (Å²) >= 11 is 0. The molecule has 1 aromatic heterocycles. The van der Waals surface area contributed by atoms with Gasteiger partial charge in [-0.25, -0.2) is 4.98 Å². The Morgan fingerprint density at radius 3 is 2.34 bits per heavy atom. The SMILES string of the molecule is CO[C@H]1/C=C/O[C@@]2(C)Oc3c(C)c(=O)c4c(O)c(c5oc6cc(OCC[N+]7(C(C)(C)C)CCOCC7)ccc6nc5c4c3C2=O)NC(=O)/C(C)=C\C=C\[C@H](C)[C@H](O)[C@@H](C)[C@@H](C)[C@@H](C)[C@H](OC(C)=O)[C@@H]1C. The number of aromatic hydroxyl groups is 1. The molecule has 0 spiro atoms. The lowest BCUT2D eigenvalue weighted by Crippen LogP contribution is -2.66. The maximum absolute atomic E-state index is 14.9. The van der Waals surface area contributed by atoms with Crippen LogP contribution in [0.15, 0.2) is 63.6 Å². The number of aliphatic hydroxyl groups is 1. The van der Waals surface area contributed by atoms with Gasteiger partial charge in [-0.15, -0.1) is 0 Å². The number of morpholine rings is 1. The molecule has 3 aliphatic rings. The highest BCUT2D eigenvalue weighted by Gasteiger charge is 2.50. The van der Waals surface area contributed by atoms with Crippen LogP contribution in [0.4, 0.5) is 5.69 Å². The number of methoxy groups -OCH3 is 1. The van der Waals surface area contributed by atoms with Gasteiger partial charge in [0.2, 0.25) is 0 Å². The van der Waals surface area contributed by atoms with E-state index in [9.17, 15) is 29.4 Å². The molecule has 3 aromatic carbocycles. The number of rotatable bonds is 6. The molecule has 70 heavy (non-hydrogen) atoms. The average molecular weight is 969 g/mol. The molecule has 7 rings (SSSR count). The number of phenolic OH excluding ortho intramolecular Hbond substituents is 1. The summed E-state index contributed by atoms with van der Waals surface area (Å²) < 4.78 is 43.7. The second-order valence-corrected chi connectivity index (χ2v) is 20.7. The van der Waals surface area contributed by atoms with Crippen molar-refractivity contribution < 1.29 is 61.9 Å². The molecule has 3 N–H and O–H groups in total. The molecule has 1 saturated heterocycles. The van der Waals surface area contributed by atoms with E-state index in [1.807, 2.05) is 34.6 Å². The van der Waals surface area contributed by atoms with E-state index in [4.69, 9.17) is 37.8 Å². The number of fused-ring (bicyclic) bond motifs is 2. The molecule has 0 saturated carbocycles. The van der Waals surface area contributed by atoms with Crippen LogP contribution >= 0.6 is 0 Å². The van der Waals surface area contributed by atoms with Crippen molar-refractivity contribution >= 4 is 56.3 Å². The summed E-state index contributed by atoms with van der Waals surface area (Å²) in [6, 6.07) is 5.14. The molecular weight excluding hydrogens is 899 g/mol. The summed E-state index contributed by atoms with van der Waals surface area (Å²) in [5.74, 6) is -5.47. The predicted molar refractivity (Wildman–Crippen MR) is 266 cm³/mol. The van der Waals surface area contributed by atoms with Crippen LogP contribution in [0.3, 0.4) is 0 Å². The summed E-state index contributed by atoms with van der Waals surface area (Å²) in [6.45, 7) is 26.4. The number of nitrogens with one attached hydrogen (secondary N) is 1. The fraction of sp³-hybridized carbons (Fsp3) is 0.537. The molecule has 16 nitrogen and oxygen atoms in total. The number of aromatic nitrogens is 1. The number of hydrogen-bond acceptors (Lipinski definition) is 14. The number of ether oxygens (including phenoxy) is 6. The summed E-state index contributed by atoms with van der Waals surface area (Å²) in [6.07, 6.45) is 5.77. The number of benzene rings is 3. The minimum atomic E-state index is -2.02. The molecule has 4 aromatic rings. The fourth-order valence-corrected chi connectivity index (χ4v) is 10.4. The van der Waals surface area contributed by atoms with Crippen LogP contribution in [0.5, 0.6) is 17.2 Å². The van der Waals surface area contributed by atoms with Gasteiger partial charge in [-0.3, -0.25) is 19.2 Å². The minimum absolute atomic E-state index is 0.000604. The number of anilines is 1. The van der Waals surface area contributed by atoms with Crippen molar-refractivity contribution in [2.45, 2.75) is 113 Å². The van der Waals surface area contributed by atoms with E-state index in [1.54, 1.807) is 49.4 Å². The lowest BCUT2D eigenvalue weighted by Gasteiger charge is -2.50. The van der Waals surface area contributed by atoms with Crippen molar-refractivity contribution in [3.63, 3.8) is 0 Å². The molecule has 0 radical (unpaired) electrons. The van der Waals surface area contributed by atoms with Gasteiger partial charge in [0.15, 0.2) is 22.3 Å². The standard InChI is InChI=1S/C54H69N3O13/c1-28-15-14-16-29(2)52(63)56-44-47(61)41-40(43-50(44)69-39-27-36(17-18-37(39)55-43)66-26-22-57(53(9,10)11)20-24-65-25-21-57)42-49(34(7)46(41)60)70-54(12,51(42)62)67-23-19-38(64-13)33(6)48(68-35(8)58)32(5)30(3)31(4)45(28)59/h14-19,23,27-28,30-33,38,45,48,59H,20-22,24-26H2,1-13H3,(H-,55,56,60,61,62,63)/p+1/b15-14+,23-19+,29-16-/t28-,30+,31-,32+,33+,38-,45-,48-,54-/m0/s1. The molecule has 378 valence electrons. The zero-order valence-electron chi connectivity index (χ0n) is 42.8. The molecular formula is C54H70N3O13+. The third-order valence-electron chi connectivity index (χ3n) is 15.4. The van der Waals surface area contributed by atoms with Crippen LogP contribution in [-0.2, 0) is 28.5 Å². The Labute approximate surface area is 409 Å². The number of esters is 1. The Morgan fingerprint density at radius 1 is 0.986 bits per heavy atom. The first-order chi connectivity index (χ1) is 32.9. The first-order valence-electron chi connectivity index (χ1n) is 24.2. The zero-order chi connectivity index (χ0) is 51.2. The highest BCUT2D eigenvalue weighted by molar-refractivity contribution is 6.26. The predicted octanol–water partition coefficient (Wildman–Crippen LogP) is 8.30. The van der Waals surface area contributed by atoms with E-state index < -0.39 is 58.9 Å². The van der Waals surface area contributed by atoms with Gasteiger partial charge in [0.05, 0.1) is 48.2 Å². The van der Waals surface area contributed by atoms with Gasteiger partial charge < -0.3 is 52.9 Å². The largest absolute Gasteiger partial charge is 0.505 e. The molecule has 0 unspecified atom stereocenters.